The second kappa shape index (κ2) is 7.70. The van der Waals surface area contributed by atoms with E-state index in [0.717, 1.165) is 29.3 Å². The molecule has 3 rings (SSSR count). The number of pyridine rings is 1. The van der Waals surface area contributed by atoms with E-state index in [1.54, 1.807) is 0 Å². The lowest BCUT2D eigenvalue weighted by molar-refractivity contribution is -0.123. The monoisotopic (exact) mass is 355 g/mol. The smallest absolute Gasteiger partial charge is 0.222 e. The van der Waals surface area contributed by atoms with Crippen LogP contribution in [0.25, 0.3) is 21.9 Å². The van der Waals surface area contributed by atoms with Crippen molar-refractivity contribution in [3.05, 3.63) is 30.1 Å². The number of benzene rings is 1. The quantitative estimate of drug-likeness (QED) is 0.564. The largest absolute Gasteiger partial charge is 0.388 e. The number of para-hydroxylation sites is 1. The summed E-state index contributed by atoms with van der Waals surface area (Å²) in [6.45, 7) is 4.93. The van der Waals surface area contributed by atoms with Gasteiger partial charge in [0.1, 0.15) is 17.9 Å². The molecule has 0 saturated heterocycles. The van der Waals surface area contributed by atoms with Crippen LogP contribution in [-0.4, -0.2) is 32.1 Å². The molecule has 0 aliphatic rings. The fraction of sp³-hybridized carbons (Fsp3) is 0.421. The van der Waals surface area contributed by atoms with Gasteiger partial charge in [0.15, 0.2) is 5.82 Å². The Morgan fingerprint density at radius 2 is 2.04 bits per heavy atom. The van der Waals surface area contributed by atoms with E-state index in [9.17, 15) is 9.90 Å². The molecule has 1 amide bonds. The summed E-state index contributed by atoms with van der Waals surface area (Å²) in [6, 6.07) is 7.79. The highest BCUT2D eigenvalue weighted by atomic mass is 16.3. The molecule has 138 valence electrons. The van der Waals surface area contributed by atoms with Crippen molar-refractivity contribution in [2.24, 2.45) is 5.92 Å². The molecule has 7 heteroatoms. The summed E-state index contributed by atoms with van der Waals surface area (Å²) in [5.41, 5.74) is 8.43. The molecule has 0 aliphatic heterocycles. The van der Waals surface area contributed by atoms with Crippen molar-refractivity contribution in [2.45, 2.75) is 39.8 Å². The van der Waals surface area contributed by atoms with E-state index >= 15 is 0 Å². The number of hydrogen-bond acceptors (Lipinski definition) is 5. The van der Waals surface area contributed by atoms with Crippen molar-refractivity contribution in [2.75, 3.05) is 12.3 Å². The summed E-state index contributed by atoms with van der Waals surface area (Å²) < 4.78 is 2.01. The number of aromatic nitrogens is 3. The highest BCUT2D eigenvalue weighted by Crippen LogP contribution is 2.29. The number of aryl methyl sites for hydroxylation is 1. The number of hydrogen-bond donors (Lipinski definition) is 3. The second-order valence-corrected chi connectivity index (χ2v) is 6.70. The Kier molecular flexibility index (Phi) is 5.37. The first-order chi connectivity index (χ1) is 12.5. The van der Waals surface area contributed by atoms with Crippen LogP contribution in [0.5, 0.6) is 0 Å². The van der Waals surface area contributed by atoms with Gasteiger partial charge < -0.3 is 20.7 Å². The van der Waals surface area contributed by atoms with Gasteiger partial charge in [-0.25, -0.2) is 9.97 Å². The van der Waals surface area contributed by atoms with Crippen LogP contribution >= 0.6 is 0 Å². The predicted molar refractivity (Wildman–Crippen MR) is 102 cm³/mol. The molecule has 4 N–H and O–H groups in total. The second-order valence-electron chi connectivity index (χ2n) is 6.70. The Morgan fingerprint density at radius 3 is 2.77 bits per heavy atom. The lowest BCUT2D eigenvalue weighted by Gasteiger charge is -2.11. The van der Waals surface area contributed by atoms with E-state index in [0.29, 0.717) is 30.2 Å². The maximum atomic E-state index is 11.6. The summed E-state index contributed by atoms with van der Waals surface area (Å²) in [5.74, 6) is 1.02. The first-order valence-electron chi connectivity index (χ1n) is 8.94. The molecule has 3 aromatic rings. The van der Waals surface area contributed by atoms with Gasteiger partial charge in [0, 0.05) is 24.4 Å². The third-order valence-corrected chi connectivity index (χ3v) is 4.46. The summed E-state index contributed by atoms with van der Waals surface area (Å²) in [4.78, 5) is 20.5. The molecule has 0 spiro atoms. The minimum Gasteiger partial charge on any atom is -0.388 e. The van der Waals surface area contributed by atoms with Crippen LogP contribution in [-0.2, 0) is 17.9 Å². The van der Waals surface area contributed by atoms with Crippen LogP contribution in [0.15, 0.2) is 24.3 Å². The summed E-state index contributed by atoms with van der Waals surface area (Å²) in [5, 5.41) is 13.6. The Bertz CT molecular complexity index is 932. The minimum absolute atomic E-state index is 0.00424. The van der Waals surface area contributed by atoms with Gasteiger partial charge in [0.2, 0.25) is 5.91 Å². The molecule has 26 heavy (non-hydrogen) atoms. The first-order valence-corrected chi connectivity index (χ1v) is 8.94. The number of nitrogens with zero attached hydrogens (tertiary/aromatic N) is 3. The fourth-order valence-corrected chi connectivity index (χ4v) is 3.08. The van der Waals surface area contributed by atoms with Crippen molar-refractivity contribution in [1.29, 1.82) is 0 Å². The van der Waals surface area contributed by atoms with Gasteiger partial charge in [-0.3, -0.25) is 4.79 Å². The van der Waals surface area contributed by atoms with Crippen molar-refractivity contribution >= 4 is 33.7 Å². The summed E-state index contributed by atoms with van der Waals surface area (Å²) in [6.07, 6.45) is 1.70. The Balaban J connectivity index is 1.84. The maximum Gasteiger partial charge on any atom is 0.222 e. The Labute approximate surface area is 152 Å². The molecule has 2 aromatic heterocycles. The SMILES string of the molecule is CC(C)C(=O)NCCCCn1c(CO)nc2c(N)nc3ccccc3c21. The fourth-order valence-electron chi connectivity index (χ4n) is 3.08. The van der Waals surface area contributed by atoms with E-state index in [1.807, 2.05) is 42.7 Å². The number of imidazole rings is 1. The molecule has 0 aliphatic carbocycles. The zero-order valence-electron chi connectivity index (χ0n) is 15.2. The van der Waals surface area contributed by atoms with Crippen molar-refractivity contribution in [3.63, 3.8) is 0 Å². The zero-order chi connectivity index (χ0) is 18.7. The molecular formula is C19H25N5O2. The van der Waals surface area contributed by atoms with Crippen LogP contribution in [0.2, 0.25) is 0 Å². The normalized spacial score (nSPS) is 11.5. The number of aliphatic hydroxyl groups is 1. The van der Waals surface area contributed by atoms with Gasteiger partial charge in [-0.1, -0.05) is 32.0 Å². The van der Waals surface area contributed by atoms with Crippen LogP contribution in [0, 0.1) is 5.92 Å². The van der Waals surface area contributed by atoms with Gasteiger partial charge in [-0.05, 0) is 18.9 Å². The molecule has 2 heterocycles. The Hall–Kier alpha value is -2.67. The molecule has 0 atom stereocenters. The van der Waals surface area contributed by atoms with Crippen LogP contribution in [0.4, 0.5) is 5.82 Å². The van der Waals surface area contributed by atoms with E-state index in [2.05, 4.69) is 15.3 Å². The van der Waals surface area contributed by atoms with Crippen LogP contribution in [0.1, 0.15) is 32.5 Å². The number of unbranched alkanes of at least 4 members (excludes halogenated alkanes) is 1. The van der Waals surface area contributed by atoms with Crippen LogP contribution in [0.3, 0.4) is 0 Å². The van der Waals surface area contributed by atoms with Gasteiger partial charge >= 0.3 is 0 Å². The number of carbonyl (C=O) groups excluding carboxylic acids is 1. The van der Waals surface area contributed by atoms with E-state index in [4.69, 9.17) is 5.73 Å². The number of anilines is 1. The molecule has 0 fully saturated rings. The average molecular weight is 355 g/mol. The number of nitrogens with two attached hydrogens (primary N) is 1. The molecule has 0 unspecified atom stereocenters. The summed E-state index contributed by atoms with van der Waals surface area (Å²) >= 11 is 0. The molecular weight excluding hydrogens is 330 g/mol. The van der Waals surface area contributed by atoms with Crippen molar-refractivity contribution in [3.8, 4) is 0 Å². The lowest BCUT2D eigenvalue weighted by atomic mass is 10.2. The van der Waals surface area contributed by atoms with Gasteiger partial charge in [0.25, 0.3) is 0 Å². The van der Waals surface area contributed by atoms with Crippen LogP contribution < -0.4 is 11.1 Å². The minimum atomic E-state index is -0.160. The summed E-state index contributed by atoms with van der Waals surface area (Å²) in [7, 11) is 0. The van der Waals surface area contributed by atoms with Gasteiger partial charge in [-0.15, -0.1) is 0 Å². The maximum absolute atomic E-state index is 11.6. The third-order valence-electron chi connectivity index (χ3n) is 4.46. The van der Waals surface area contributed by atoms with E-state index in [1.165, 1.54) is 0 Å². The highest BCUT2D eigenvalue weighted by Gasteiger charge is 2.16. The zero-order valence-corrected chi connectivity index (χ0v) is 15.2. The molecule has 7 nitrogen and oxygen atoms in total. The topological polar surface area (TPSA) is 106 Å². The lowest BCUT2D eigenvalue weighted by Crippen LogP contribution is -2.28. The van der Waals surface area contributed by atoms with Crippen molar-refractivity contribution in [1.82, 2.24) is 19.9 Å². The third kappa shape index (κ3) is 3.48. The number of fused-ring (bicyclic) bond motifs is 3. The number of rotatable bonds is 7. The number of aliphatic hydroxyl groups excluding tert-OH is 1. The van der Waals surface area contributed by atoms with Crippen molar-refractivity contribution < 1.29 is 9.90 Å². The van der Waals surface area contributed by atoms with Gasteiger partial charge in [-0.2, -0.15) is 0 Å². The standard InChI is InChI=1S/C19H25N5O2/c1-12(2)19(26)21-9-5-6-10-24-15(11-25)23-16-17(24)13-7-3-4-8-14(13)22-18(16)20/h3-4,7-8,12,25H,5-6,9-11H2,1-2H3,(H2,20,22)(H,21,26). The number of nitrogen functional groups attached to an aromatic ring is 1. The molecule has 0 radical (unpaired) electrons. The number of carbonyl (C=O) groups is 1. The average Bonchev–Trinajstić information content (AvgIpc) is 3.01. The predicted octanol–water partition coefficient (Wildman–Crippen LogP) is 2.21. The van der Waals surface area contributed by atoms with E-state index < -0.39 is 0 Å². The molecule has 0 saturated carbocycles. The molecule has 1 aromatic carbocycles. The van der Waals surface area contributed by atoms with Gasteiger partial charge in [0.05, 0.1) is 11.0 Å². The highest BCUT2D eigenvalue weighted by molar-refractivity contribution is 6.06. The molecule has 0 bridgehead atoms. The number of amides is 1. The first kappa shape index (κ1) is 18.1. The number of nitrogens with one attached hydrogen (secondary N) is 1. The van der Waals surface area contributed by atoms with E-state index in [-0.39, 0.29) is 18.4 Å². The Morgan fingerprint density at radius 1 is 1.27 bits per heavy atom.